The predicted molar refractivity (Wildman–Crippen MR) is 55.2 cm³/mol. The molecule has 4 heteroatoms. The van der Waals surface area contributed by atoms with E-state index in [9.17, 15) is 4.79 Å². The summed E-state index contributed by atoms with van der Waals surface area (Å²) in [5.41, 5.74) is 2.90. The van der Waals surface area contributed by atoms with Crippen molar-refractivity contribution in [2.24, 2.45) is 0 Å². The molecule has 72 valence electrons. The molecule has 0 fully saturated rings. The van der Waals surface area contributed by atoms with Crippen LogP contribution in [0.1, 0.15) is 33.2 Å². The van der Waals surface area contributed by atoms with Crippen LogP contribution in [-0.2, 0) is 12.8 Å². The van der Waals surface area contributed by atoms with E-state index in [2.05, 4.69) is 4.98 Å². The zero-order chi connectivity index (χ0) is 9.71. The van der Waals surface area contributed by atoms with Gasteiger partial charge in [0.1, 0.15) is 5.69 Å². The Morgan fingerprint density at radius 2 is 2.36 bits per heavy atom. The van der Waals surface area contributed by atoms with E-state index in [1.54, 1.807) is 11.3 Å². The summed E-state index contributed by atoms with van der Waals surface area (Å²) in [7, 11) is 0. The van der Waals surface area contributed by atoms with Gasteiger partial charge < -0.3 is 0 Å². The van der Waals surface area contributed by atoms with Crippen LogP contribution < -0.4 is 0 Å². The third-order valence-electron chi connectivity index (χ3n) is 2.80. The molecule has 0 aromatic carbocycles. The minimum absolute atomic E-state index is 0.736. The van der Waals surface area contributed by atoms with Crippen LogP contribution in [0.4, 0.5) is 0 Å². The highest BCUT2D eigenvalue weighted by atomic mass is 32.1. The lowest BCUT2D eigenvalue weighted by Crippen LogP contribution is -1.95. The lowest BCUT2D eigenvalue weighted by Gasteiger charge is -1.94. The van der Waals surface area contributed by atoms with E-state index >= 15 is 0 Å². The van der Waals surface area contributed by atoms with Gasteiger partial charge in [-0.05, 0) is 26.2 Å². The summed E-state index contributed by atoms with van der Waals surface area (Å²) < 4.78 is 2.04. The molecule has 0 radical (unpaired) electrons. The van der Waals surface area contributed by atoms with Gasteiger partial charge in [0.25, 0.3) is 0 Å². The van der Waals surface area contributed by atoms with E-state index in [0.29, 0.717) is 0 Å². The van der Waals surface area contributed by atoms with Crippen LogP contribution in [0.25, 0.3) is 4.96 Å². The van der Waals surface area contributed by atoms with Crippen LogP contribution in [-0.4, -0.2) is 15.7 Å². The SMILES string of the molecule is Cc1nc2sc3c(n2c1C=O)CCC3. The molecule has 0 bridgehead atoms. The number of aromatic nitrogens is 2. The van der Waals surface area contributed by atoms with Crippen LogP contribution >= 0.6 is 11.3 Å². The molecule has 1 aliphatic rings. The summed E-state index contributed by atoms with van der Waals surface area (Å²) in [6, 6.07) is 0. The third-order valence-corrected chi connectivity index (χ3v) is 3.94. The average molecular weight is 206 g/mol. The highest BCUT2D eigenvalue weighted by Crippen LogP contribution is 2.32. The van der Waals surface area contributed by atoms with Crippen LogP contribution in [0.2, 0.25) is 0 Å². The molecule has 0 N–H and O–H groups in total. The minimum atomic E-state index is 0.736. The van der Waals surface area contributed by atoms with E-state index in [4.69, 9.17) is 0 Å². The van der Waals surface area contributed by atoms with Gasteiger partial charge >= 0.3 is 0 Å². The van der Waals surface area contributed by atoms with Gasteiger partial charge in [-0.25, -0.2) is 4.98 Å². The fourth-order valence-corrected chi connectivity index (χ4v) is 3.40. The smallest absolute Gasteiger partial charge is 0.194 e. The van der Waals surface area contributed by atoms with Gasteiger partial charge in [0, 0.05) is 10.6 Å². The van der Waals surface area contributed by atoms with Crippen molar-refractivity contribution in [2.75, 3.05) is 0 Å². The van der Waals surface area contributed by atoms with Crippen molar-refractivity contribution in [2.45, 2.75) is 26.2 Å². The maximum absolute atomic E-state index is 10.9. The van der Waals surface area contributed by atoms with E-state index in [1.807, 2.05) is 11.3 Å². The van der Waals surface area contributed by atoms with Crippen molar-refractivity contribution in [3.63, 3.8) is 0 Å². The van der Waals surface area contributed by atoms with Crippen molar-refractivity contribution < 1.29 is 4.79 Å². The number of carbonyl (C=O) groups excluding carboxylic acids is 1. The number of rotatable bonds is 1. The Kier molecular flexibility index (Phi) is 1.56. The first kappa shape index (κ1) is 8.17. The number of imidazole rings is 1. The molecule has 0 unspecified atom stereocenters. The quantitative estimate of drug-likeness (QED) is 0.669. The molecule has 3 rings (SSSR count). The van der Waals surface area contributed by atoms with Crippen molar-refractivity contribution in [3.05, 3.63) is 22.0 Å². The first-order chi connectivity index (χ1) is 6.81. The van der Waals surface area contributed by atoms with Gasteiger partial charge in [-0.3, -0.25) is 9.20 Å². The molecule has 3 nitrogen and oxygen atoms in total. The first-order valence-electron chi connectivity index (χ1n) is 4.76. The van der Waals surface area contributed by atoms with Crippen LogP contribution in [0.15, 0.2) is 0 Å². The predicted octanol–water partition coefficient (Wildman–Crippen LogP) is 2.01. The molecule has 2 aromatic heterocycles. The molecule has 0 aliphatic heterocycles. The fraction of sp³-hybridized carbons (Fsp3) is 0.400. The Hall–Kier alpha value is -1.16. The molecule has 14 heavy (non-hydrogen) atoms. The number of thiazole rings is 1. The molecule has 0 saturated heterocycles. The van der Waals surface area contributed by atoms with E-state index in [1.165, 1.54) is 17.0 Å². The zero-order valence-corrected chi connectivity index (χ0v) is 8.73. The lowest BCUT2D eigenvalue weighted by molar-refractivity contribution is 0.111. The average Bonchev–Trinajstić information content (AvgIpc) is 2.74. The van der Waals surface area contributed by atoms with Crippen molar-refractivity contribution in [1.82, 2.24) is 9.38 Å². The normalized spacial score (nSPS) is 14.9. The summed E-state index contributed by atoms with van der Waals surface area (Å²) in [5.74, 6) is 0. The van der Waals surface area contributed by atoms with Crippen LogP contribution in [0.5, 0.6) is 0 Å². The molecule has 0 spiro atoms. The molecule has 0 saturated carbocycles. The number of carbonyl (C=O) groups is 1. The molecule has 2 heterocycles. The second-order valence-corrected chi connectivity index (χ2v) is 4.71. The largest absolute Gasteiger partial charge is 0.296 e. The highest BCUT2D eigenvalue weighted by molar-refractivity contribution is 7.17. The lowest BCUT2D eigenvalue weighted by atomic mass is 10.3. The summed E-state index contributed by atoms with van der Waals surface area (Å²) in [4.78, 5) is 17.7. The Morgan fingerprint density at radius 1 is 1.50 bits per heavy atom. The van der Waals surface area contributed by atoms with Gasteiger partial charge in [0.15, 0.2) is 11.2 Å². The molecular weight excluding hydrogens is 196 g/mol. The van der Waals surface area contributed by atoms with Gasteiger partial charge in [-0.2, -0.15) is 0 Å². The number of hydrogen-bond donors (Lipinski definition) is 0. The number of fused-ring (bicyclic) bond motifs is 3. The monoisotopic (exact) mass is 206 g/mol. The van der Waals surface area contributed by atoms with Crippen molar-refractivity contribution in [1.29, 1.82) is 0 Å². The Labute approximate surface area is 85.4 Å². The number of aldehydes is 1. The number of aryl methyl sites for hydroxylation is 3. The summed E-state index contributed by atoms with van der Waals surface area (Å²) in [5, 5.41) is 0. The molecule has 0 atom stereocenters. The van der Waals surface area contributed by atoms with Gasteiger partial charge in [-0.15, -0.1) is 11.3 Å². The van der Waals surface area contributed by atoms with Crippen molar-refractivity contribution >= 4 is 22.6 Å². The van der Waals surface area contributed by atoms with Crippen LogP contribution in [0.3, 0.4) is 0 Å². The maximum Gasteiger partial charge on any atom is 0.194 e. The van der Waals surface area contributed by atoms with Gasteiger partial charge in [-0.1, -0.05) is 0 Å². The Bertz CT molecular complexity index is 524. The van der Waals surface area contributed by atoms with E-state index in [-0.39, 0.29) is 0 Å². The topological polar surface area (TPSA) is 34.4 Å². The van der Waals surface area contributed by atoms with Gasteiger partial charge in [0.2, 0.25) is 0 Å². The van der Waals surface area contributed by atoms with Crippen molar-refractivity contribution in [3.8, 4) is 0 Å². The Morgan fingerprint density at radius 3 is 3.14 bits per heavy atom. The first-order valence-corrected chi connectivity index (χ1v) is 5.57. The number of nitrogens with zero attached hydrogens (tertiary/aromatic N) is 2. The highest BCUT2D eigenvalue weighted by Gasteiger charge is 2.21. The zero-order valence-electron chi connectivity index (χ0n) is 7.91. The molecule has 0 amide bonds. The molecule has 1 aliphatic carbocycles. The van der Waals surface area contributed by atoms with E-state index < -0.39 is 0 Å². The van der Waals surface area contributed by atoms with Crippen LogP contribution in [0, 0.1) is 6.92 Å². The second-order valence-electron chi connectivity index (χ2n) is 3.64. The minimum Gasteiger partial charge on any atom is -0.296 e. The molecule has 2 aromatic rings. The third kappa shape index (κ3) is 0.865. The number of hydrogen-bond acceptors (Lipinski definition) is 3. The second kappa shape index (κ2) is 2.67. The van der Waals surface area contributed by atoms with E-state index in [0.717, 1.165) is 35.5 Å². The summed E-state index contributed by atoms with van der Waals surface area (Å²) in [6.45, 7) is 1.89. The standard InChI is InChI=1S/C10H10N2OS/c1-6-8(5-13)12-7-3-2-4-9(7)14-10(12)11-6/h5H,2-4H2,1H3. The Balaban J connectivity index is 2.43. The summed E-state index contributed by atoms with van der Waals surface area (Å²) >= 11 is 1.73. The molecular formula is C10H10N2OS. The fourth-order valence-electron chi connectivity index (χ4n) is 2.14. The summed E-state index contributed by atoms with van der Waals surface area (Å²) in [6.07, 6.45) is 4.37. The maximum atomic E-state index is 10.9. The van der Waals surface area contributed by atoms with Gasteiger partial charge in [0.05, 0.1) is 5.69 Å².